The number of ether oxygens (including phenoxy) is 3. The first-order valence-corrected chi connectivity index (χ1v) is 10.3. The van der Waals surface area contributed by atoms with Crippen LogP contribution in [-0.4, -0.2) is 25.1 Å². The first-order chi connectivity index (χ1) is 14.4. The number of nitriles is 1. The zero-order valence-electron chi connectivity index (χ0n) is 16.8. The van der Waals surface area contributed by atoms with Gasteiger partial charge in [0.2, 0.25) is 0 Å². The van der Waals surface area contributed by atoms with Gasteiger partial charge in [-0.2, -0.15) is 5.26 Å². The predicted molar refractivity (Wildman–Crippen MR) is 121 cm³/mol. The first-order valence-electron chi connectivity index (χ1n) is 9.18. The van der Waals surface area contributed by atoms with Crippen LogP contribution in [0.1, 0.15) is 26.3 Å². The third-order valence-electron chi connectivity index (χ3n) is 3.66. The molecule has 2 aromatic carbocycles. The molecule has 30 heavy (non-hydrogen) atoms. The lowest BCUT2D eigenvalue weighted by Crippen LogP contribution is -2.13. The van der Waals surface area contributed by atoms with Crippen LogP contribution in [0.4, 0.5) is 5.69 Å². The lowest BCUT2D eigenvalue weighted by Gasteiger charge is -2.13. The molecule has 0 saturated heterocycles. The molecule has 0 bridgehead atoms. The van der Waals surface area contributed by atoms with E-state index < -0.39 is 11.9 Å². The molecule has 0 heterocycles. The van der Waals surface area contributed by atoms with Crippen molar-refractivity contribution in [3.8, 4) is 23.3 Å². The van der Waals surface area contributed by atoms with Gasteiger partial charge in [0.15, 0.2) is 11.5 Å². The molecular weight excluding hydrogens is 499 g/mol. The molecule has 156 valence electrons. The zero-order valence-corrected chi connectivity index (χ0v) is 19.0. The maximum absolute atomic E-state index is 12.6. The fourth-order valence-electron chi connectivity index (χ4n) is 2.52. The molecule has 0 fully saturated rings. The van der Waals surface area contributed by atoms with Gasteiger partial charge >= 0.3 is 5.97 Å². The minimum absolute atomic E-state index is 0.0877. The summed E-state index contributed by atoms with van der Waals surface area (Å²) in [6.07, 6.45) is 1.45. The molecule has 0 spiro atoms. The number of hydrogen-bond acceptors (Lipinski definition) is 6. The number of nitrogens with one attached hydrogen (secondary N) is 1. The van der Waals surface area contributed by atoms with Gasteiger partial charge in [-0.1, -0.05) is 6.07 Å². The summed E-state index contributed by atoms with van der Waals surface area (Å²) in [5.74, 6) is 0.257. The number of esters is 1. The number of halogens is 1. The molecule has 2 rings (SSSR count). The Morgan fingerprint density at radius 1 is 1.17 bits per heavy atom. The molecule has 0 radical (unpaired) electrons. The number of anilines is 1. The number of benzene rings is 2. The van der Waals surface area contributed by atoms with Gasteiger partial charge in [-0.15, -0.1) is 0 Å². The van der Waals surface area contributed by atoms with Crippen LogP contribution in [0.5, 0.6) is 17.2 Å². The molecule has 1 amide bonds. The van der Waals surface area contributed by atoms with Crippen molar-refractivity contribution in [1.29, 1.82) is 5.26 Å². The number of nitrogens with zero attached hydrogens (tertiary/aromatic N) is 1. The molecule has 0 aliphatic rings. The van der Waals surface area contributed by atoms with Crippen molar-refractivity contribution in [2.75, 3.05) is 18.5 Å². The lowest BCUT2D eigenvalue weighted by molar-refractivity contribution is -0.132. The Kier molecular flexibility index (Phi) is 8.68. The van der Waals surface area contributed by atoms with Crippen LogP contribution >= 0.6 is 22.6 Å². The van der Waals surface area contributed by atoms with Gasteiger partial charge < -0.3 is 19.5 Å². The van der Waals surface area contributed by atoms with Crippen LogP contribution in [-0.2, 0) is 9.59 Å². The van der Waals surface area contributed by atoms with E-state index >= 15 is 0 Å². The van der Waals surface area contributed by atoms with E-state index in [0.29, 0.717) is 45.3 Å². The van der Waals surface area contributed by atoms with Crippen molar-refractivity contribution in [1.82, 2.24) is 0 Å². The fraction of sp³-hybridized carbons (Fsp3) is 0.227. The van der Waals surface area contributed by atoms with Crippen LogP contribution in [0.3, 0.4) is 0 Å². The SMILES string of the molecule is CCOc1cccc(NC(=O)/C(C#N)=C/c2cc(I)c(OC(C)=O)c(OCC)c2)c1. The fourth-order valence-corrected chi connectivity index (χ4v) is 3.26. The molecule has 7 nitrogen and oxygen atoms in total. The number of rotatable bonds is 8. The van der Waals surface area contributed by atoms with Gasteiger partial charge in [-0.25, -0.2) is 0 Å². The van der Waals surface area contributed by atoms with E-state index in [1.165, 1.54) is 13.0 Å². The molecule has 0 aromatic heterocycles. The third-order valence-corrected chi connectivity index (χ3v) is 4.46. The molecule has 0 aliphatic heterocycles. The van der Waals surface area contributed by atoms with Gasteiger partial charge in [-0.05, 0) is 72.3 Å². The normalized spacial score (nSPS) is 10.7. The Morgan fingerprint density at radius 2 is 1.90 bits per heavy atom. The number of hydrogen-bond donors (Lipinski definition) is 1. The second kappa shape index (κ2) is 11.2. The smallest absolute Gasteiger partial charge is 0.308 e. The molecule has 0 atom stereocenters. The van der Waals surface area contributed by atoms with E-state index in [9.17, 15) is 14.9 Å². The number of amides is 1. The molecule has 8 heteroatoms. The average Bonchev–Trinajstić information content (AvgIpc) is 2.69. The molecule has 0 saturated carbocycles. The Hall–Kier alpha value is -3.06. The Balaban J connectivity index is 2.32. The van der Waals surface area contributed by atoms with Gasteiger partial charge in [0, 0.05) is 18.7 Å². The number of carbonyl (C=O) groups is 2. The Morgan fingerprint density at radius 3 is 2.53 bits per heavy atom. The summed E-state index contributed by atoms with van der Waals surface area (Å²) >= 11 is 2.01. The quantitative estimate of drug-likeness (QED) is 0.180. The summed E-state index contributed by atoms with van der Waals surface area (Å²) in [7, 11) is 0. The summed E-state index contributed by atoms with van der Waals surface area (Å²) in [6.45, 7) is 5.84. The molecular formula is C22H21IN2O5. The second-order valence-electron chi connectivity index (χ2n) is 5.94. The van der Waals surface area contributed by atoms with Gasteiger partial charge in [0.25, 0.3) is 5.91 Å². The van der Waals surface area contributed by atoms with Crippen molar-refractivity contribution >= 4 is 46.2 Å². The monoisotopic (exact) mass is 520 g/mol. The second-order valence-corrected chi connectivity index (χ2v) is 7.10. The van der Waals surface area contributed by atoms with Crippen molar-refractivity contribution in [3.05, 3.63) is 51.1 Å². The maximum Gasteiger partial charge on any atom is 0.308 e. The highest BCUT2D eigenvalue weighted by Gasteiger charge is 2.16. The zero-order chi connectivity index (χ0) is 22.1. The standard InChI is InChI=1S/C22H21IN2O5/c1-4-28-18-8-6-7-17(12-18)25-22(27)16(13-24)9-15-10-19(23)21(30-14(3)26)20(11-15)29-5-2/h6-12H,4-5H2,1-3H3,(H,25,27)/b16-9+. The van der Waals surface area contributed by atoms with Crippen LogP contribution in [0, 0.1) is 14.9 Å². The molecule has 0 aliphatic carbocycles. The highest BCUT2D eigenvalue weighted by molar-refractivity contribution is 14.1. The third kappa shape index (κ3) is 6.49. The van der Waals surface area contributed by atoms with E-state index in [1.807, 2.05) is 35.6 Å². The van der Waals surface area contributed by atoms with Crippen LogP contribution in [0.2, 0.25) is 0 Å². The highest BCUT2D eigenvalue weighted by Crippen LogP contribution is 2.35. The van der Waals surface area contributed by atoms with E-state index in [0.717, 1.165) is 0 Å². The molecule has 0 unspecified atom stereocenters. The van der Waals surface area contributed by atoms with E-state index in [-0.39, 0.29) is 5.57 Å². The van der Waals surface area contributed by atoms with Crippen LogP contribution in [0.25, 0.3) is 6.08 Å². The van der Waals surface area contributed by atoms with E-state index in [4.69, 9.17) is 14.2 Å². The predicted octanol–water partition coefficient (Wildman–Crippen LogP) is 4.56. The largest absolute Gasteiger partial charge is 0.494 e. The summed E-state index contributed by atoms with van der Waals surface area (Å²) in [4.78, 5) is 23.9. The summed E-state index contributed by atoms with van der Waals surface area (Å²) < 4.78 is 16.8. The summed E-state index contributed by atoms with van der Waals surface area (Å²) in [5.41, 5.74) is 0.991. The van der Waals surface area contributed by atoms with E-state index in [1.54, 1.807) is 43.3 Å². The topological polar surface area (TPSA) is 97.6 Å². The van der Waals surface area contributed by atoms with Gasteiger partial charge in [-0.3, -0.25) is 9.59 Å². The highest BCUT2D eigenvalue weighted by atomic mass is 127. The van der Waals surface area contributed by atoms with Gasteiger partial charge in [0.1, 0.15) is 17.4 Å². The lowest BCUT2D eigenvalue weighted by atomic mass is 10.1. The van der Waals surface area contributed by atoms with Gasteiger partial charge in [0.05, 0.1) is 16.8 Å². The summed E-state index contributed by atoms with van der Waals surface area (Å²) in [6, 6.07) is 12.1. The van der Waals surface area contributed by atoms with E-state index in [2.05, 4.69) is 5.32 Å². The minimum atomic E-state index is -0.553. The Bertz CT molecular complexity index is 1010. The molecule has 1 N–H and O–H groups in total. The first kappa shape index (κ1) is 23.2. The maximum atomic E-state index is 12.6. The number of carbonyl (C=O) groups excluding carboxylic acids is 2. The average molecular weight is 520 g/mol. The van der Waals surface area contributed by atoms with Crippen molar-refractivity contribution in [2.45, 2.75) is 20.8 Å². The molecule has 2 aromatic rings. The van der Waals surface area contributed by atoms with Crippen molar-refractivity contribution < 1.29 is 23.8 Å². The minimum Gasteiger partial charge on any atom is -0.494 e. The van der Waals surface area contributed by atoms with Crippen LogP contribution in [0.15, 0.2) is 42.0 Å². The van der Waals surface area contributed by atoms with Crippen LogP contribution < -0.4 is 19.5 Å². The van der Waals surface area contributed by atoms with Crippen molar-refractivity contribution in [3.63, 3.8) is 0 Å². The Labute approximate surface area is 188 Å². The van der Waals surface area contributed by atoms with Crippen molar-refractivity contribution in [2.24, 2.45) is 0 Å². The summed E-state index contributed by atoms with van der Waals surface area (Å²) in [5, 5.41) is 12.2.